The Balaban J connectivity index is 1.42. The molecular formula is C27H24F3NO6. The van der Waals surface area contributed by atoms with Crippen LogP contribution in [0.4, 0.5) is 18.9 Å². The van der Waals surface area contributed by atoms with E-state index in [1.165, 1.54) is 29.2 Å². The largest absolute Gasteiger partial charge is 0.573 e. The number of aryl methyl sites for hydroxylation is 1. The molecule has 37 heavy (non-hydrogen) atoms. The molecule has 4 rings (SSSR count). The van der Waals surface area contributed by atoms with E-state index < -0.39 is 12.3 Å². The van der Waals surface area contributed by atoms with Crippen LogP contribution >= 0.6 is 0 Å². The number of ether oxygens (including phenoxy) is 4. The van der Waals surface area contributed by atoms with Gasteiger partial charge in [-0.25, -0.2) is 4.79 Å². The second kappa shape index (κ2) is 10.8. The molecule has 10 heteroatoms. The molecular weight excluding hydrogens is 491 g/mol. The summed E-state index contributed by atoms with van der Waals surface area (Å²) in [7, 11) is 0. The number of benzene rings is 3. The molecule has 194 valence electrons. The van der Waals surface area contributed by atoms with Crippen molar-refractivity contribution in [2.24, 2.45) is 0 Å². The fourth-order valence-electron chi connectivity index (χ4n) is 3.94. The summed E-state index contributed by atoms with van der Waals surface area (Å²) in [5, 5.41) is 0. The topological polar surface area (TPSA) is 74.3 Å². The van der Waals surface area contributed by atoms with Crippen LogP contribution in [-0.4, -0.2) is 31.5 Å². The average Bonchev–Trinajstić information content (AvgIpc) is 3.19. The number of alkyl halides is 3. The van der Waals surface area contributed by atoms with Gasteiger partial charge in [-0.05, 0) is 73.5 Å². The number of anilines is 1. The zero-order chi connectivity index (χ0) is 26.6. The first-order valence-corrected chi connectivity index (χ1v) is 11.4. The van der Waals surface area contributed by atoms with E-state index in [1.54, 1.807) is 31.2 Å². The molecule has 3 aromatic carbocycles. The maximum atomic E-state index is 13.0. The van der Waals surface area contributed by atoms with Crippen LogP contribution in [0.1, 0.15) is 34.0 Å². The predicted molar refractivity (Wildman–Crippen MR) is 128 cm³/mol. The van der Waals surface area contributed by atoms with Gasteiger partial charge in [0, 0.05) is 16.8 Å². The summed E-state index contributed by atoms with van der Waals surface area (Å²) in [6.07, 6.45) is -4.79. The minimum absolute atomic E-state index is 0.177. The molecule has 0 aromatic heterocycles. The molecule has 1 aliphatic rings. The van der Waals surface area contributed by atoms with Gasteiger partial charge < -0.3 is 23.8 Å². The van der Waals surface area contributed by atoms with Gasteiger partial charge in [0.25, 0.3) is 5.91 Å². The lowest BCUT2D eigenvalue weighted by Crippen LogP contribution is -2.23. The molecule has 0 radical (unpaired) electrons. The number of fused-ring (bicyclic) bond motifs is 1. The average molecular weight is 515 g/mol. The lowest BCUT2D eigenvalue weighted by atomic mass is 10.1. The highest BCUT2D eigenvalue weighted by atomic mass is 19.4. The number of halogens is 3. The van der Waals surface area contributed by atoms with Gasteiger partial charge in [0.1, 0.15) is 23.9 Å². The Morgan fingerprint density at radius 1 is 1.00 bits per heavy atom. The van der Waals surface area contributed by atoms with Crippen LogP contribution in [0.25, 0.3) is 0 Å². The zero-order valence-electron chi connectivity index (χ0n) is 20.1. The van der Waals surface area contributed by atoms with Crippen molar-refractivity contribution in [2.45, 2.75) is 33.4 Å². The quantitative estimate of drug-likeness (QED) is 0.347. The minimum Gasteiger partial charge on any atom is -0.489 e. The van der Waals surface area contributed by atoms with E-state index in [0.29, 0.717) is 28.3 Å². The lowest BCUT2D eigenvalue weighted by Gasteiger charge is -2.17. The summed E-state index contributed by atoms with van der Waals surface area (Å²) >= 11 is 0. The van der Waals surface area contributed by atoms with Crippen LogP contribution in [-0.2, 0) is 22.7 Å². The second-order valence-electron chi connectivity index (χ2n) is 8.20. The molecule has 1 aliphatic heterocycles. The van der Waals surface area contributed by atoms with Crippen LogP contribution < -0.4 is 19.1 Å². The van der Waals surface area contributed by atoms with Crippen molar-refractivity contribution >= 4 is 17.6 Å². The van der Waals surface area contributed by atoms with E-state index in [9.17, 15) is 22.8 Å². The van der Waals surface area contributed by atoms with Gasteiger partial charge in [-0.2, -0.15) is 0 Å². The Hall–Kier alpha value is -4.21. The maximum absolute atomic E-state index is 13.0. The van der Waals surface area contributed by atoms with Gasteiger partial charge >= 0.3 is 12.3 Å². The first-order chi connectivity index (χ1) is 17.6. The highest BCUT2D eigenvalue weighted by Crippen LogP contribution is 2.35. The maximum Gasteiger partial charge on any atom is 0.573 e. The molecule has 0 unspecified atom stereocenters. The molecule has 3 aromatic rings. The van der Waals surface area contributed by atoms with E-state index in [4.69, 9.17) is 14.2 Å². The summed E-state index contributed by atoms with van der Waals surface area (Å²) in [4.78, 5) is 26.0. The summed E-state index contributed by atoms with van der Waals surface area (Å²) in [5.41, 5.74) is 3.28. The second-order valence-corrected chi connectivity index (χ2v) is 8.20. The number of carbonyl (C=O) groups excluding carboxylic acids is 2. The van der Waals surface area contributed by atoms with Crippen molar-refractivity contribution in [1.82, 2.24) is 0 Å². The highest BCUT2D eigenvalue weighted by Gasteiger charge is 2.33. The molecule has 0 bridgehead atoms. The molecule has 0 saturated carbocycles. The summed E-state index contributed by atoms with van der Waals surface area (Å²) in [6.45, 7) is 4.13. The number of carbonyl (C=O) groups is 2. The summed E-state index contributed by atoms with van der Waals surface area (Å²) in [6, 6.07) is 15.8. The molecule has 0 saturated heterocycles. The van der Waals surface area contributed by atoms with Crippen molar-refractivity contribution < 1.29 is 41.7 Å². The van der Waals surface area contributed by atoms with Crippen molar-refractivity contribution in [3.05, 3.63) is 82.9 Å². The van der Waals surface area contributed by atoms with Crippen molar-refractivity contribution in [2.75, 3.05) is 18.1 Å². The Labute approximate surface area is 211 Å². The van der Waals surface area contributed by atoms with Gasteiger partial charge in [-0.15, -0.1) is 13.2 Å². The van der Waals surface area contributed by atoms with E-state index >= 15 is 0 Å². The fraction of sp³-hybridized carbons (Fsp3) is 0.259. The number of hydrogen-bond donors (Lipinski definition) is 0. The Bertz CT molecular complexity index is 1290. The van der Waals surface area contributed by atoms with E-state index in [0.717, 1.165) is 11.1 Å². The van der Waals surface area contributed by atoms with Crippen molar-refractivity contribution in [1.29, 1.82) is 0 Å². The smallest absolute Gasteiger partial charge is 0.489 e. The summed E-state index contributed by atoms with van der Waals surface area (Å²) < 4.78 is 57.6. The first kappa shape index (κ1) is 25.9. The molecule has 1 amide bonds. The molecule has 0 N–H and O–H groups in total. The molecule has 0 fully saturated rings. The van der Waals surface area contributed by atoms with Gasteiger partial charge in [0.05, 0.1) is 13.2 Å². The number of amides is 1. The van der Waals surface area contributed by atoms with Crippen LogP contribution in [0.15, 0.2) is 60.7 Å². The number of hydrogen-bond acceptors (Lipinski definition) is 6. The lowest BCUT2D eigenvalue weighted by molar-refractivity contribution is -0.274. The number of nitrogens with zero attached hydrogens (tertiary/aromatic N) is 1. The van der Waals surface area contributed by atoms with Gasteiger partial charge in [-0.1, -0.05) is 12.1 Å². The third kappa shape index (κ3) is 6.32. The van der Waals surface area contributed by atoms with Gasteiger partial charge in [0.15, 0.2) is 6.61 Å². The highest BCUT2D eigenvalue weighted by molar-refractivity contribution is 6.10. The fourth-order valence-corrected chi connectivity index (χ4v) is 3.94. The van der Waals surface area contributed by atoms with Gasteiger partial charge in [0.2, 0.25) is 0 Å². The molecule has 0 aliphatic carbocycles. The monoisotopic (exact) mass is 515 g/mol. The first-order valence-electron chi connectivity index (χ1n) is 11.4. The van der Waals surface area contributed by atoms with Crippen molar-refractivity contribution in [3.63, 3.8) is 0 Å². The van der Waals surface area contributed by atoms with Crippen molar-refractivity contribution in [3.8, 4) is 17.2 Å². The summed E-state index contributed by atoms with van der Waals surface area (Å²) in [5.74, 6) is 0.0123. The predicted octanol–water partition coefficient (Wildman–Crippen LogP) is 5.57. The number of rotatable bonds is 9. The molecule has 0 atom stereocenters. The number of esters is 1. The normalized spacial score (nSPS) is 12.8. The van der Waals surface area contributed by atoms with E-state index in [-0.39, 0.29) is 38.0 Å². The van der Waals surface area contributed by atoms with E-state index in [2.05, 4.69) is 4.74 Å². The Kier molecular flexibility index (Phi) is 7.56. The zero-order valence-corrected chi connectivity index (χ0v) is 20.1. The van der Waals surface area contributed by atoms with Crippen LogP contribution in [0, 0.1) is 6.92 Å². The third-order valence-corrected chi connectivity index (χ3v) is 5.59. The van der Waals surface area contributed by atoms with Gasteiger partial charge in [-0.3, -0.25) is 4.79 Å². The molecule has 1 heterocycles. The molecule has 7 nitrogen and oxygen atoms in total. The van der Waals surface area contributed by atoms with Crippen LogP contribution in [0.2, 0.25) is 0 Å². The van der Waals surface area contributed by atoms with Crippen LogP contribution in [0.3, 0.4) is 0 Å². The minimum atomic E-state index is -4.79. The molecule has 0 spiro atoms. The SMILES string of the molecule is CCOC(=O)COc1ccc(COc2cccc3c2CN(c2ccc(OC(F)(F)F)cc2)C3=O)cc1C. The Morgan fingerprint density at radius 3 is 2.43 bits per heavy atom. The standard InChI is InChI=1S/C27H24F3NO6/c1-3-34-25(32)16-36-23-12-7-18(13-17(23)2)15-35-24-6-4-5-21-22(24)14-31(26(21)33)19-8-10-20(11-9-19)37-27(28,29)30/h4-13H,3,14-16H2,1-2H3. The third-order valence-electron chi connectivity index (χ3n) is 5.59. The Morgan fingerprint density at radius 2 is 1.76 bits per heavy atom. The van der Waals surface area contributed by atoms with E-state index in [1.807, 2.05) is 19.1 Å². The van der Waals surface area contributed by atoms with Crippen LogP contribution in [0.5, 0.6) is 17.2 Å².